The van der Waals surface area contributed by atoms with Crippen LogP contribution in [-0.2, 0) is 11.3 Å². The highest BCUT2D eigenvalue weighted by atomic mass is 16.3. The summed E-state index contributed by atoms with van der Waals surface area (Å²) < 4.78 is 0. The molecule has 0 aliphatic carbocycles. The van der Waals surface area contributed by atoms with E-state index in [1.54, 1.807) is 24.3 Å². The Balaban J connectivity index is 2.26. The van der Waals surface area contributed by atoms with Crippen molar-refractivity contribution in [3.63, 3.8) is 0 Å². The van der Waals surface area contributed by atoms with Gasteiger partial charge in [0.05, 0.1) is 6.61 Å². The van der Waals surface area contributed by atoms with E-state index < -0.39 is 6.04 Å². The molecule has 2 rings (SSSR count). The predicted octanol–water partition coefficient (Wildman–Crippen LogP) is 0.495. The summed E-state index contributed by atoms with van der Waals surface area (Å²) in [5, 5.41) is 9.56. The summed E-state index contributed by atoms with van der Waals surface area (Å²) in [5.74, 6) is -0.0225. The monoisotopic (exact) mass is 263 g/mol. The SMILES string of the molecule is CN1CC(C)(C)N(Cc2cccnc2)C(CO)C1=O. The molecule has 1 saturated heterocycles. The van der Waals surface area contributed by atoms with Crippen LogP contribution in [-0.4, -0.2) is 57.6 Å². The van der Waals surface area contributed by atoms with Crippen molar-refractivity contribution in [2.75, 3.05) is 20.2 Å². The number of amides is 1. The molecule has 0 radical (unpaired) electrons. The van der Waals surface area contributed by atoms with E-state index in [4.69, 9.17) is 0 Å². The second-order valence-electron chi connectivity index (χ2n) is 5.69. The van der Waals surface area contributed by atoms with Crippen LogP contribution >= 0.6 is 0 Å². The van der Waals surface area contributed by atoms with Crippen LogP contribution < -0.4 is 0 Å². The molecule has 1 aliphatic heterocycles. The molecule has 5 heteroatoms. The van der Waals surface area contributed by atoms with Crippen LogP contribution in [0.2, 0.25) is 0 Å². The molecule has 19 heavy (non-hydrogen) atoms. The zero-order chi connectivity index (χ0) is 14.0. The lowest BCUT2D eigenvalue weighted by atomic mass is 9.94. The molecule has 0 aromatic carbocycles. The van der Waals surface area contributed by atoms with Crippen molar-refractivity contribution in [2.24, 2.45) is 0 Å². The van der Waals surface area contributed by atoms with Crippen molar-refractivity contribution in [3.05, 3.63) is 30.1 Å². The number of piperazine rings is 1. The Morgan fingerprint density at radius 3 is 2.84 bits per heavy atom. The number of rotatable bonds is 3. The van der Waals surface area contributed by atoms with Gasteiger partial charge in [0.2, 0.25) is 5.91 Å². The molecule has 1 aromatic heterocycles. The van der Waals surface area contributed by atoms with Crippen LogP contribution in [0.15, 0.2) is 24.5 Å². The van der Waals surface area contributed by atoms with E-state index in [1.807, 2.05) is 12.1 Å². The molecular weight excluding hydrogens is 242 g/mol. The number of aliphatic hydroxyl groups is 1. The van der Waals surface area contributed by atoms with Gasteiger partial charge in [-0.1, -0.05) is 6.07 Å². The van der Waals surface area contributed by atoms with Gasteiger partial charge in [0.25, 0.3) is 0 Å². The summed E-state index contributed by atoms with van der Waals surface area (Å²) in [6.07, 6.45) is 3.53. The smallest absolute Gasteiger partial charge is 0.242 e. The molecule has 0 bridgehead atoms. The fourth-order valence-corrected chi connectivity index (χ4v) is 2.75. The van der Waals surface area contributed by atoms with Crippen molar-refractivity contribution in [1.29, 1.82) is 0 Å². The van der Waals surface area contributed by atoms with Gasteiger partial charge >= 0.3 is 0 Å². The largest absolute Gasteiger partial charge is 0.394 e. The van der Waals surface area contributed by atoms with E-state index in [2.05, 4.69) is 23.7 Å². The van der Waals surface area contributed by atoms with E-state index in [9.17, 15) is 9.90 Å². The molecule has 1 amide bonds. The van der Waals surface area contributed by atoms with Gasteiger partial charge in [-0.15, -0.1) is 0 Å². The topological polar surface area (TPSA) is 56.7 Å². The first-order chi connectivity index (χ1) is 8.95. The number of pyridine rings is 1. The molecule has 1 aromatic rings. The minimum Gasteiger partial charge on any atom is -0.394 e. The minimum atomic E-state index is -0.478. The van der Waals surface area contributed by atoms with Gasteiger partial charge in [0, 0.05) is 38.1 Å². The average Bonchev–Trinajstić information content (AvgIpc) is 2.37. The Morgan fingerprint density at radius 2 is 2.26 bits per heavy atom. The quantitative estimate of drug-likeness (QED) is 0.862. The zero-order valence-corrected chi connectivity index (χ0v) is 11.7. The maximum absolute atomic E-state index is 12.2. The molecule has 1 fully saturated rings. The summed E-state index contributed by atoms with van der Waals surface area (Å²) in [7, 11) is 1.79. The van der Waals surface area contributed by atoms with Crippen LogP contribution in [0.3, 0.4) is 0 Å². The van der Waals surface area contributed by atoms with Gasteiger partial charge in [0.15, 0.2) is 0 Å². The van der Waals surface area contributed by atoms with E-state index in [0.29, 0.717) is 13.1 Å². The fourth-order valence-electron chi connectivity index (χ4n) is 2.75. The molecule has 0 saturated carbocycles. The maximum atomic E-state index is 12.2. The van der Waals surface area contributed by atoms with Crippen LogP contribution in [0, 0.1) is 0 Å². The summed E-state index contributed by atoms with van der Waals surface area (Å²) in [6.45, 7) is 5.30. The highest BCUT2D eigenvalue weighted by Gasteiger charge is 2.43. The van der Waals surface area contributed by atoms with E-state index in [-0.39, 0.29) is 18.1 Å². The summed E-state index contributed by atoms with van der Waals surface area (Å²) in [5.41, 5.74) is 0.873. The first-order valence-corrected chi connectivity index (χ1v) is 6.47. The van der Waals surface area contributed by atoms with Crippen molar-refractivity contribution >= 4 is 5.91 Å². The Labute approximate surface area is 113 Å². The molecule has 1 N–H and O–H groups in total. The van der Waals surface area contributed by atoms with Crippen molar-refractivity contribution in [3.8, 4) is 0 Å². The highest BCUT2D eigenvalue weighted by molar-refractivity contribution is 5.83. The molecule has 1 atom stereocenters. The van der Waals surface area contributed by atoms with Crippen molar-refractivity contribution in [1.82, 2.24) is 14.8 Å². The number of nitrogens with zero attached hydrogens (tertiary/aromatic N) is 3. The number of likely N-dealkylation sites (N-methyl/N-ethyl adjacent to an activating group) is 1. The fraction of sp³-hybridized carbons (Fsp3) is 0.571. The lowest BCUT2D eigenvalue weighted by molar-refractivity contribution is -0.151. The normalized spacial score (nSPS) is 23.7. The summed E-state index contributed by atoms with van der Waals surface area (Å²) in [6, 6.07) is 3.39. The molecule has 1 unspecified atom stereocenters. The third kappa shape index (κ3) is 2.77. The Hall–Kier alpha value is -1.46. The lowest BCUT2D eigenvalue weighted by Crippen LogP contribution is -2.66. The van der Waals surface area contributed by atoms with Gasteiger partial charge in [-0.25, -0.2) is 0 Å². The molecule has 104 valence electrons. The molecule has 0 spiro atoms. The van der Waals surface area contributed by atoms with Gasteiger partial charge in [-0.3, -0.25) is 14.7 Å². The number of aliphatic hydroxyl groups excluding tert-OH is 1. The summed E-state index contributed by atoms with van der Waals surface area (Å²) in [4.78, 5) is 20.0. The Bertz CT molecular complexity index is 447. The third-order valence-electron chi connectivity index (χ3n) is 3.69. The van der Waals surface area contributed by atoms with Crippen molar-refractivity contribution < 1.29 is 9.90 Å². The van der Waals surface area contributed by atoms with E-state index in [1.165, 1.54) is 0 Å². The summed E-state index contributed by atoms with van der Waals surface area (Å²) >= 11 is 0. The van der Waals surface area contributed by atoms with Gasteiger partial charge < -0.3 is 10.0 Å². The molecule has 1 aliphatic rings. The average molecular weight is 263 g/mol. The molecule has 5 nitrogen and oxygen atoms in total. The maximum Gasteiger partial charge on any atom is 0.242 e. The van der Waals surface area contributed by atoms with Crippen LogP contribution in [0.25, 0.3) is 0 Å². The van der Waals surface area contributed by atoms with Crippen LogP contribution in [0.5, 0.6) is 0 Å². The van der Waals surface area contributed by atoms with Gasteiger partial charge in [-0.05, 0) is 25.5 Å². The number of aromatic nitrogens is 1. The second kappa shape index (κ2) is 5.27. The lowest BCUT2D eigenvalue weighted by Gasteiger charge is -2.49. The highest BCUT2D eigenvalue weighted by Crippen LogP contribution is 2.27. The van der Waals surface area contributed by atoms with E-state index in [0.717, 1.165) is 5.56 Å². The minimum absolute atomic E-state index is 0.0225. The van der Waals surface area contributed by atoms with E-state index >= 15 is 0 Å². The first-order valence-electron chi connectivity index (χ1n) is 6.47. The number of hydrogen-bond acceptors (Lipinski definition) is 4. The number of hydrogen-bond donors (Lipinski definition) is 1. The van der Waals surface area contributed by atoms with Crippen molar-refractivity contribution in [2.45, 2.75) is 32.0 Å². The second-order valence-corrected chi connectivity index (χ2v) is 5.69. The third-order valence-corrected chi connectivity index (χ3v) is 3.69. The Kier molecular flexibility index (Phi) is 3.87. The molecular formula is C14H21N3O2. The molecule has 2 heterocycles. The number of carbonyl (C=O) groups excluding carboxylic acids is 1. The predicted molar refractivity (Wildman–Crippen MR) is 72.4 cm³/mol. The first kappa shape index (κ1) is 14.0. The number of carbonyl (C=O) groups is 1. The van der Waals surface area contributed by atoms with Crippen LogP contribution in [0.4, 0.5) is 0 Å². The van der Waals surface area contributed by atoms with Gasteiger partial charge in [-0.2, -0.15) is 0 Å². The Morgan fingerprint density at radius 1 is 1.53 bits per heavy atom. The zero-order valence-electron chi connectivity index (χ0n) is 11.7. The standard InChI is InChI=1S/C14H21N3O2/c1-14(2)10-16(3)13(19)12(9-18)17(14)8-11-5-4-6-15-7-11/h4-7,12,18H,8-10H2,1-3H3. The van der Waals surface area contributed by atoms with Gasteiger partial charge in [0.1, 0.15) is 6.04 Å². The van der Waals surface area contributed by atoms with Crippen LogP contribution in [0.1, 0.15) is 19.4 Å².